The molecule has 2 N–H and O–H groups in total. The van der Waals surface area contributed by atoms with E-state index in [-0.39, 0.29) is 6.61 Å². The van der Waals surface area contributed by atoms with Crippen LogP contribution in [-0.2, 0) is 14.3 Å². The van der Waals surface area contributed by atoms with Crippen molar-refractivity contribution in [2.24, 2.45) is 0 Å². The Labute approximate surface area is 156 Å². The van der Waals surface area contributed by atoms with Gasteiger partial charge in [-0.1, -0.05) is 0 Å². The Balaban J connectivity index is 3.60. The van der Waals surface area contributed by atoms with Gasteiger partial charge in [-0.2, -0.15) is 0 Å². The summed E-state index contributed by atoms with van der Waals surface area (Å²) in [5.74, 6) is -0.499. The maximum atomic E-state index is 12.0. The van der Waals surface area contributed by atoms with Gasteiger partial charge in [0.05, 0.1) is 34.3 Å². The van der Waals surface area contributed by atoms with Gasteiger partial charge in [-0.3, -0.25) is 9.59 Å². The summed E-state index contributed by atoms with van der Waals surface area (Å²) in [7, 11) is 0. The van der Waals surface area contributed by atoms with E-state index in [4.69, 9.17) is 4.74 Å². The first kappa shape index (κ1) is 17.9. The monoisotopic (exact) mass is 614 g/mol. The van der Waals surface area contributed by atoms with E-state index in [1.807, 2.05) is 67.8 Å². The number of carbonyl (C=O) groups is 3. The molecule has 0 saturated carbocycles. The minimum Gasteiger partial charge on any atom is -0.462 e. The number of anilines is 2. The van der Waals surface area contributed by atoms with E-state index >= 15 is 0 Å². The molecule has 0 spiro atoms. The lowest BCUT2D eigenvalue weighted by Crippen LogP contribution is -2.15. The Morgan fingerprint density at radius 1 is 1.05 bits per heavy atom. The Kier molecular flexibility index (Phi) is 7.42. The number of hydrogen-bond donors (Lipinski definition) is 2. The molecule has 0 atom stereocenters. The molecule has 0 heterocycles. The van der Waals surface area contributed by atoms with E-state index < -0.39 is 5.97 Å². The molecule has 0 aliphatic carbocycles. The maximum Gasteiger partial charge on any atom is 0.340 e. The van der Waals surface area contributed by atoms with Crippen LogP contribution in [0.3, 0.4) is 0 Å². The minimum atomic E-state index is -0.499. The summed E-state index contributed by atoms with van der Waals surface area (Å²) in [6, 6.07) is 0. The van der Waals surface area contributed by atoms with Gasteiger partial charge in [0.25, 0.3) is 0 Å². The first-order chi connectivity index (χ1) is 9.49. The molecule has 9 heteroatoms. The van der Waals surface area contributed by atoms with Crippen LogP contribution >= 0.6 is 67.8 Å². The zero-order valence-corrected chi connectivity index (χ0v) is 16.6. The fourth-order valence-corrected chi connectivity index (χ4v) is 5.65. The van der Waals surface area contributed by atoms with E-state index in [1.165, 1.54) is 0 Å². The molecule has 1 aromatic carbocycles. The topological polar surface area (TPSA) is 84.5 Å². The third-order valence-electron chi connectivity index (χ3n) is 2.20. The third-order valence-corrected chi connectivity index (χ3v) is 5.44. The van der Waals surface area contributed by atoms with Crippen molar-refractivity contribution in [1.29, 1.82) is 0 Å². The number of hydrogen-bond acceptors (Lipinski definition) is 4. The van der Waals surface area contributed by atoms with E-state index in [2.05, 4.69) is 10.6 Å². The number of benzene rings is 1. The maximum absolute atomic E-state index is 12.0. The summed E-state index contributed by atoms with van der Waals surface area (Å²) in [5.41, 5.74) is 1.25. The molecule has 0 fully saturated rings. The number of amides is 2. The fraction of sp³-hybridized carbons (Fsp3) is 0.182. The summed E-state index contributed by atoms with van der Waals surface area (Å²) in [4.78, 5) is 33.5. The van der Waals surface area contributed by atoms with Gasteiger partial charge in [0, 0.05) is 0 Å². The van der Waals surface area contributed by atoms with Gasteiger partial charge < -0.3 is 15.4 Å². The molecule has 0 aromatic heterocycles. The predicted molar refractivity (Wildman–Crippen MR) is 99.9 cm³/mol. The van der Waals surface area contributed by atoms with Gasteiger partial charge in [-0.25, -0.2) is 4.79 Å². The summed E-state index contributed by atoms with van der Waals surface area (Å²) in [5, 5.41) is 5.09. The summed E-state index contributed by atoms with van der Waals surface area (Å²) in [6.07, 6.45) is 1.04. The third kappa shape index (κ3) is 3.72. The SMILES string of the molecule is CCOC(=O)c1c(I)c(NC=O)c(I)c(NC=O)c1I. The van der Waals surface area contributed by atoms with Gasteiger partial charge >= 0.3 is 5.97 Å². The number of ether oxygens (including phenoxy) is 1. The molecule has 2 amide bonds. The van der Waals surface area contributed by atoms with Crippen LogP contribution in [0.4, 0.5) is 11.4 Å². The minimum absolute atomic E-state index is 0.240. The van der Waals surface area contributed by atoms with Crippen molar-refractivity contribution < 1.29 is 19.1 Å². The first-order valence-corrected chi connectivity index (χ1v) is 8.51. The Hall–Kier alpha value is -0.180. The molecule has 0 aliphatic rings. The number of rotatable bonds is 6. The van der Waals surface area contributed by atoms with Gasteiger partial charge in [0.15, 0.2) is 0 Å². The molecule has 0 saturated heterocycles. The second-order valence-electron chi connectivity index (χ2n) is 3.31. The van der Waals surface area contributed by atoms with Crippen molar-refractivity contribution in [1.82, 2.24) is 0 Å². The smallest absolute Gasteiger partial charge is 0.340 e. The lowest BCUT2D eigenvalue weighted by atomic mass is 10.1. The van der Waals surface area contributed by atoms with Crippen LogP contribution in [0.15, 0.2) is 0 Å². The van der Waals surface area contributed by atoms with Crippen LogP contribution in [0.2, 0.25) is 0 Å². The van der Waals surface area contributed by atoms with E-state index in [9.17, 15) is 14.4 Å². The van der Waals surface area contributed by atoms with E-state index in [0.29, 0.717) is 40.5 Å². The second-order valence-corrected chi connectivity index (χ2v) is 6.55. The molecular formula is C11H9I3N2O4. The van der Waals surface area contributed by atoms with Crippen molar-refractivity contribution in [3.05, 3.63) is 16.3 Å². The number of carbonyl (C=O) groups excluding carboxylic acids is 3. The van der Waals surface area contributed by atoms with Gasteiger partial charge in [-0.15, -0.1) is 0 Å². The van der Waals surface area contributed by atoms with Crippen LogP contribution in [0.5, 0.6) is 0 Å². The van der Waals surface area contributed by atoms with Crippen molar-refractivity contribution in [3.63, 3.8) is 0 Å². The zero-order valence-electron chi connectivity index (χ0n) is 10.1. The average Bonchev–Trinajstić information content (AvgIpc) is 2.40. The van der Waals surface area contributed by atoms with Gasteiger partial charge in [-0.05, 0) is 74.7 Å². The van der Waals surface area contributed by atoms with Crippen LogP contribution in [-0.4, -0.2) is 25.4 Å². The molecular weight excluding hydrogens is 605 g/mol. The average molecular weight is 614 g/mol. The van der Waals surface area contributed by atoms with Crippen LogP contribution in [0.25, 0.3) is 0 Å². The standard InChI is InChI=1S/C11H9I3N2O4/c1-2-20-11(19)5-6(12)9(15-3-17)8(14)10(7(5)13)16-4-18/h3-4H,2H2,1H3,(H,15,17)(H,16,18). The lowest BCUT2D eigenvalue weighted by Gasteiger charge is -2.17. The highest BCUT2D eigenvalue weighted by atomic mass is 127. The van der Waals surface area contributed by atoms with Gasteiger partial charge in [0.1, 0.15) is 0 Å². The Morgan fingerprint density at radius 2 is 1.50 bits per heavy atom. The fourth-order valence-electron chi connectivity index (χ4n) is 1.42. The van der Waals surface area contributed by atoms with Crippen molar-refractivity contribution in [2.75, 3.05) is 17.2 Å². The molecule has 6 nitrogen and oxygen atoms in total. The van der Waals surface area contributed by atoms with Gasteiger partial charge in [0.2, 0.25) is 12.8 Å². The summed E-state index contributed by atoms with van der Waals surface area (Å²) in [6.45, 7) is 1.95. The number of esters is 1. The highest BCUT2D eigenvalue weighted by molar-refractivity contribution is 14.1. The van der Waals surface area contributed by atoms with E-state index in [0.717, 1.165) is 0 Å². The Bertz CT molecular complexity index is 526. The molecule has 0 bridgehead atoms. The van der Waals surface area contributed by atoms with Crippen molar-refractivity contribution in [2.45, 2.75) is 6.92 Å². The zero-order chi connectivity index (χ0) is 15.3. The molecule has 108 valence electrons. The molecule has 0 unspecified atom stereocenters. The summed E-state index contributed by atoms with van der Waals surface area (Å²) >= 11 is 5.93. The molecule has 0 aliphatic heterocycles. The predicted octanol–water partition coefficient (Wildman–Crippen LogP) is 2.81. The quantitative estimate of drug-likeness (QED) is 0.294. The molecule has 1 rings (SSSR count). The first-order valence-electron chi connectivity index (χ1n) is 5.27. The Morgan fingerprint density at radius 3 is 1.85 bits per heavy atom. The second kappa shape index (κ2) is 8.31. The number of halogens is 3. The van der Waals surface area contributed by atoms with E-state index in [1.54, 1.807) is 6.92 Å². The molecule has 20 heavy (non-hydrogen) atoms. The largest absolute Gasteiger partial charge is 0.462 e. The summed E-state index contributed by atoms with van der Waals surface area (Å²) < 4.78 is 6.79. The number of nitrogens with one attached hydrogen (secondary N) is 2. The lowest BCUT2D eigenvalue weighted by molar-refractivity contribution is -0.106. The van der Waals surface area contributed by atoms with Crippen LogP contribution in [0.1, 0.15) is 17.3 Å². The molecule has 1 aromatic rings. The molecule has 0 radical (unpaired) electrons. The van der Waals surface area contributed by atoms with Crippen LogP contribution < -0.4 is 10.6 Å². The van der Waals surface area contributed by atoms with Crippen LogP contribution in [0, 0.1) is 10.7 Å². The highest BCUT2D eigenvalue weighted by Crippen LogP contribution is 2.38. The highest BCUT2D eigenvalue weighted by Gasteiger charge is 2.25. The van der Waals surface area contributed by atoms with Crippen molar-refractivity contribution in [3.8, 4) is 0 Å². The van der Waals surface area contributed by atoms with Crippen molar-refractivity contribution >= 4 is 97.9 Å². The normalized spacial score (nSPS) is 9.80.